The monoisotopic (exact) mass is 346 g/mol. The molecule has 0 aliphatic heterocycles. The van der Waals surface area contributed by atoms with Crippen LogP contribution in [0.3, 0.4) is 0 Å². The Hall–Kier alpha value is -2.29. The van der Waals surface area contributed by atoms with Crippen LogP contribution in [-0.2, 0) is 6.54 Å². The van der Waals surface area contributed by atoms with Gasteiger partial charge < -0.3 is 11.1 Å². The maximum atomic E-state index is 12.6. The molecule has 3 rings (SSSR count). The molecule has 1 aliphatic rings. The normalized spacial score (nSPS) is 21.9. The molecule has 0 bridgehead atoms. The molecule has 0 spiro atoms. The molecule has 0 aromatic carbocycles. The third kappa shape index (κ3) is 3.87. The van der Waals surface area contributed by atoms with Crippen molar-refractivity contribution in [1.29, 1.82) is 0 Å². The lowest BCUT2D eigenvalue weighted by Crippen LogP contribution is -2.30. The van der Waals surface area contributed by atoms with Crippen LogP contribution in [0, 0.1) is 0 Å². The zero-order valence-electron chi connectivity index (χ0n) is 14.8. The number of hydrogen-bond acceptors (Lipinski definition) is 6. The van der Waals surface area contributed by atoms with E-state index in [9.17, 15) is 4.79 Å². The fourth-order valence-corrected chi connectivity index (χ4v) is 3.29. The predicted molar refractivity (Wildman–Crippen MR) is 91.7 cm³/mol. The van der Waals surface area contributed by atoms with Crippen LogP contribution in [0.4, 0.5) is 0 Å². The molecule has 0 saturated heterocycles. The molecule has 0 unspecified atom stereocenters. The van der Waals surface area contributed by atoms with Gasteiger partial charge >= 0.3 is 0 Å². The van der Waals surface area contributed by atoms with Gasteiger partial charge in [0.05, 0.1) is 18.3 Å². The molecule has 9 nitrogen and oxygen atoms in total. The smallest absolute Gasteiger partial charge is 0.274 e. The largest absolute Gasteiger partial charge is 0.341 e. The Balaban J connectivity index is 1.67. The summed E-state index contributed by atoms with van der Waals surface area (Å²) in [5, 5.41) is 15.3. The van der Waals surface area contributed by atoms with Crippen molar-refractivity contribution in [2.24, 2.45) is 5.73 Å². The first-order chi connectivity index (χ1) is 12.1. The molecule has 3 N–H and O–H groups in total. The average Bonchev–Trinajstić information content (AvgIpc) is 3.29. The van der Waals surface area contributed by atoms with Gasteiger partial charge in [-0.15, -0.1) is 5.10 Å². The number of hydrogen-bond donors (Lipinski definition) is 2. The van der Waals surface area contributed by atoms with Crippen molar-refractivity contribution < 1.29 is 4.79 Å². The van der Waals surface area contributed by atoms with Crippen molar-refractivity contribution in [2.45, 2.75) is 70.6 Å². The van der Waals surface area contributed by atoms with E-state index in [1.807, 2.05) is 13.8 Å². The first-order valence-electron chi connectivity index (χ1n) is 8.98. The number of aryl methyl sites for hydroxylation is 1. The third-order valence-electron chi connectivity index (χ3n) is 4.83. The number of carbonyl (C=O) groups excluding carboxylic acids is 1. The number of amides is 1. The Morgan fingerprint density at radius 2 is 2.12 bits per heavy atom. The molecule has 25 heavy (non-hydrogen) atoms. The maximum Gasteiger partial charge on any atom is 0.274 e. The van der Waals surface area contributed by atoms with Gasteiger partial charge in [-0.05, 0) is 39.0 Å². The van der Waals surface area contributed by atoms with Gasteiger partial charge in [0.25, 0.3) is 5.91 Å². The van der Waals surface area contributed by atoms with E-state index in [-0.39, 0.29) is 24.0 Å². The minimum atomic E-state index is -0.240. The van der Waals surface area contributed by atoms with E-state index in [4.69, 9.17) is 5.73 Å². The fourth-order valence-electron chi connectivity index (χ4n) is 3.29. The van der Waals surface area contributed by atoms with Crippen molar-refractivity contribution in [1.82, 2.24) is 35.1 Å². The van der Waals surface area contributed by atoms with E-state index in [2.05, 4.69) is 25.7 Å². The van der Waals surface area contributed by atoms with Gasteiger partial charge in [0.2, 0.25) is 0 Å². The molecular formula is C16H26N8O. The van der Waals surface area contributed by atoms with Crippen molar-refractivity contribution >= 4 is 5.91 Å². The standard InChI is InChI=1S/C16H26N8O/c1-3-13(15-18-10-19-23(15)4-2)20-16(25)14-9-24(22-21-14)12-7-5-11(17)6-8-12/h9-13H,3-8,17H2,1-2H3,(H,20,25)/t11?,12?,13-/m0/s1. The van der Waals surface area contributed by atoms with E-state index in [1.54, 1.807) is 15.6 Å². The number of aromatic nitrogens is 6. The molecule has 2 aromatic heterocycles. The maximum absolute atomic E-state index is 12.6. The molecule has 2 aromatic rings. The van der Waals surface area contributed by atoms with Crippen LogP contribution in [0.5, 0.6) is 0 Å². The van der Waals surface area contributed by atoms with E-state index < -0.39 is 0 Å². The summed E-state index contributed by atoms with van der Waals surface area (Å²) in [6.07, 6.45) is 7.88. The van der Waals surface area contributed by atoms with E-state index in [1.165, 1.54) is 6.33 Å². The minimum Gasteiger partial charge on any atom is -0.341 e. The fraction of sp³-hybridized carbons (Fsp3) is 0.688. The lowest BCUT2D eigenvalue weighted by molar-refractivity contribution is 0.0927. The van der Waals surface area contributed by atoms with Crippen molar-refractivity contribution in [3.63, 3.8) is 0 Å². The van der Waals surface area contributed by atoms with Crippen LogP contribution in [0.15, 0.2) is 12.5 Å². The van der Waals surface area contributed by atoms with Crippen LogP contribution in [0.25, 0.3) is 0 Å². The quantitative estimate of drug-likeness (QED) is 0.812. The Labute approximate surface area is 147 Å². The molecule has 1 atom stereocenters. The summed E-state index contributed by atoms with van der Waals surface area (Å²) in [6, 6.07) is 0.357. The highest BCUT2D eigenvalue weighted by molar-refractivity contribution is 5.92. The van der Waals surface area contributed by atoms with Crippen molar-refractivity contribution in [3.05, 3.63) is 24.0 Å². The SMILES string of the molecule is CC[C@H](NC(=O)c1cn(C2CCC(N)CC2)nn1)c1ncnn1CC. The Morgan fingerprint density at radius 1 is 1.36 bits per heavy atom. The lowest BCUT2D eigenvalue weighted by Gasteiger charge is -2.25. The lowest BCUT2D eigenvalue weighted by atomic mass is 9.92. The predicted octanol–water partition coefficient (Wildman–Crippen LogP) is 1.21. The Morgan fingerprint density at radius 3 is 2.80 bits per heavy atom. The highest BCUT2D eigenvalue weighted by atomic mass is 16.2. The summed E-state index contributed by atoms with van der Waals surface area (Å²) >= 11 is 0. The van der Waals surface area contributed by atoms with Gasteiger partial charge in [-0.2, -0.15) is 5.10 Å². The topological polar surface area (TPSA) is 117 Å². The Bertz CT molecular complexity index is 701. The molecule has 136 valence electrons. The minimum absolute atomic E-state index is 0.201. The first-order valence-corrected chi connectivity index (χ1v) is 8.98. The van der Waals surface area contributed by atoms with Gasteiger partial charge in [-0.25, -0.2) is 14.3 Å². The summed E-state index contributed by atoms with van der Waals surface area (Å²) in [7, 11) is 0. The molecule has 2 heterocycles. The molecule has 0 radical (unpaired) electrons. The van der Waals surface area contributed by atoms with Crippen LogP contribution >= 0.6 is 0 Å². The molecule has 1 saturated carbocycles. The zero-order valence-corrected chi connectivity index (χ0v) is 14.8. The number of nitrogens with two attached hydrogens (primary N) is 1. The van der Waals surface area contributed by atoms with Crippen molar-refractivity contribution in [3.8, 4) is 0 Å². The second kappa shape index (κ2) is 7.73. The van der Waals surface area contributed by atoms with Crippen LogP contribution < -0.4 is 11.1 Å². The van der Waals surface area contributed by atoms with Gasteiger partial charge in [0.1, 0.15) is 12.2 Å². The zero-order chi connectivity index (χ0) is 17.8. The van der Waals surface area contributed by atoms with E-state index >= 15 is 0 Å². The molecule has 1 fully saturated rings. The second-order valence-corrected chi connectivity index (χ2v) is 6.52. The van der Waals surface area contributed by atoms with Crippen LogP contribution in [0.1, 0.15) is 74.3 Å². The van der Waals surface area contributed by atoms with Gasteiger partial charge in [-0.1, -0.05) is 12.1 Å². The van der Waals surface area contributed by atoms with E-state index in [0.717, 1.165) is 37.9 Å². The summed E-state index contributed by atoms with van der Waals surface area (Å²) in [6.45, 7) is 4.71. The van der Waals surface area contributed by atoms with Crippen LogP contribution in [-0.4, -0.2) is 41.7 Å². The molecule has 9 heteroatoms. The Kier molecular flexibility index (Phi) is 5.42. The van der Waals surface area contributed by atoms with Gasteiger partial charge in [0, 0.05) is 12.6 Å². The number of rotatable bonds is 6. The summed E-state index contributed by atoms with van der Waals surface area (Å²) < 4.78 is 3.59. The van der Waals surface area contributed by atoms with Crippen LogP contribution in [0.2, 0.25) is 0 Å². The molecular weight excluding hydrogens is 320 g/mol. The summed E-state index contributed by atoms with van der Waals surface area (Å²) in [4.78, 5) is 16.8. The number of nitrogens with one attached hydrogen (secondary N) is 1. The third-order valence-corrected chi connectivity index (χ3v) is 4.83. The van der Waals surface area contributed by atoms with Crippen molar-refractivity contribution in [2.75, 3.05) is 0 Å². The highest BCUT2D eigenvalue weighted by Crippen LogP contribution is 2.26. The summed E-state index contributed by atoms with van der Waals surface area (Å²) in [5.41, 5.74) is 6.28. The second-order valence-electron chi connectivity index (χ2n) is 6.52. The molecule has 1 aliphatic carbocycles. The first kappa shape index (κ1) is 17.5. The number of carbonyl (C=O) groups is 1. The number of nitrogens with zero attached hydrogens (tertiary/aromatic N) is 6. The highest BCUT2D eigenvalue weighted by Gasteiger charge is 2.24. The average molecular weight is 346 g/mol. The van der Waals surface area contributed by atoms with E-state index in [0.29, 0.717) is 12.2 Å². The van der Waals surface area contributed by atoms with Gasteiger partial charge in [-0.3, -0.25) is 4.79 Å². The van der Waals surface area contributed by atoms with Gasteiger partial charge in [0.15, 0.2) is 5.69 Å². The molecule has 1 amide bonds. The summed E-state index contributed by atoms with van der Waals surface area (Å²) in [5.74, 6) is 0.517.